The second-order valence-corrected chi connectivity index (χ2v) is 12.1. The van der Waals surface area contributed by atoms with E-state index in [9.17, 15) is 19.2 Å². The minimum Gasteiger partial charge on any atom is -0.484 e. The maximum Gasteiger partial charge on any atom is 0.305 e. The van der Waals surface area contributed by atoms with E-state index in [1.165, 1.54) is 16.7 Å². The Kier molecular flexibility index (Phi) is 7.18. The van der Waals surface area contributed by atoms with Gasteiger partial charge in [0.1, 0.15) is 11.0 Å². The number of thiazole rings is 1. The van der Waals surface area contributed by atoms with Gasteiger partial charge in [-0.2, -0.15) is 0 Å². The number of nitrogens with zero attached hydrogens (tertiary/aromatic N) is 1. The minimum absolute atomic E-state index is 0.256. The molecule has 3 aromatic carbocycles. The summed E-state index contributed by atoms with van der Waals surface area (Å²) < 4.78 is 5.76. The Balaban J connectivity index is 1.27. The summed E-state index contributed by atoms with van der Waals surface area (Å²) in [5.41, 5.74) is 1.68. The first-order valence-electron chi connectivity index (χ1n) is 12.1. The Hall–Kier alpha value is -3.57. The molecule has 8 nitrogen and oxygen atoms in total. The predicted molar refractivity (Wildman–Crippen MR) is 156 cm³/mol. The minimum atomic E-state index is -0.718. The summed E-state index contributed by atoms with van der Waals surface area (Å²) in [4.78, 5) is 56.6. The highest BCUT2D eigenvalue weighted by molar-refractivity contribution is 8.00. The normalized spacial score (nSPS) is 19.8. The SMILES string of the molecule is O=C(COc1cccc([C@@H]2c3sc(=O)[nH]c3S[C@H]3C(=O)N(c4ccccc4)C(=O)[C@@H]23)c1)Nc1ccc(Cl)c(Cl)c1. The fourth-order valence-electron chi connectivity index (χ4n) is 4.93. The van der Waals surface area contributed by atoms with E-state index in [4.69, 9.17) is 27.9 Å². The monoisotopic (exact) mass is 611 g/mol. The van der Waals surface area contributed by atoms with Crippen LogP contribution in [0.4, 0.5) is 11.4 Å². The van der Waals surface area contributed by atoms with Gasteiger partial charge in [0.05, 0.1) is 26.7 Å². The smallest absolute Gasteiger partial charge is 0.305 e. The lowest BCUT2D eigenvalue weighted by molar-refractivity contribution is -0.122. The number of hydrogen-bond donors (Lipinski definition) is 2. The third-order valence-electron chi connectivity index (χ3n) is 6.63. The lowest BCUT2D eigenvalue weighted by atomic mass is 9.83. The molecule has 3 heterocycles. The van der Waals surface area contributed by atoms with Gasteiger partial charge in [0.2, 0.25) is 11.8 Å². The van der Waals surface area contributed by atoms with E-state index in [0.717, 1.165) is 11.3 Å². The van der Waals surface area contributed by atoms with E-state index in [2.05, 4.69) is 10.3 Å². The molecule has 2 aliphatic heterocycles. The standard InChI is InChI=1S/C28H19Cl2N3O5S2/c29-18-10-9-15(12-19(18)30)31-20(34)13-38-17-8-4-5-14(11-17)21-22-24(39-25-23(21)40-28(37)32-25)27(36)33(26(22)35)16-6-2-1-3-7-16/h1-12,21-22,24H,13H2,(H,31,34)(H,32,37)/t21-,22-,24+/m0/s1. The van der Waals surface area contributed by atoms with Crippen LogP contribution in [0.3, 0.4) is 0 Å². The van der Waals surface area contributed by atoms with Crippen molar-refractivity contribution in [3.8, 4) is 5.75 Å². The van der Waals surface area contributed by atoms with Gasteiger partial charge in [-0.05, 0) is 48.0 Å². The Morgan fingerprint density at radius 3 is 2.52 bits per heavy atom. The van der Waals surface area contributed by atoms with Gasteiger partial charge in [0.15, 0.2) is 6.61 Å². The number of H-pyrrole nitrogens is 1. The number of amides is 3. The molecule has 4 aromatic rings. The highest BCUT2D eigenvalue weighted by Crippen LogP contribution is 2.53. The van der Waals surface area contributed by atoms with Crippen molar-refractivity contribution in [3.05, 3.63) is 103 Å². The van der Waals surface area contributed by atoms with Crippen LogP contribution < -0.4 is 19.8 Å². The summed E-state index contributed by atoms with van der Waals surface area (Å²) in [7, 11) is 0. The molecule has 1 fully saturated rings. The third kappa shape index (κ3) is 4.92. The second-order valence-electron chi connectivity index (χ2n) is 9.14. The Morgan fingerprint density at radius 2 is 1.75 bits per heavy atom. The maximum absolute atomic E-state index is 13.8. The summed E-state index contributed by atoms with van der Waals surface area (Å²) in [6, 6.07) is 20.6. The highest BCUT2D eigenvalue weighted by Gasteiger charge is 2.56. The number of thioether (sulfide) groups is 1. The van der Waals surface area contributed by atoms with Crippen LogP contribution >= 0.6 is 46.3 Å². The van der Waals surface area contributed by atoms with Crippen molar-refractivity contribution >= 4 is 75.4 Å². The van der Waals surface area contributed by atoms with Crippen molar-refractivity contribution in [1.82, 2.24) is 4.98 Å². The van der Waals surface area contributed by atoms with Gasteiger partial charge in [-0.3, -0.25) is 19.2 Å². The zero-order valence-corrected chi connectivity index (χ0v) is 23.6. The van der Waals surface area contributed by atoms with Crippen molar-refractivity contribution in [2.24, 2.45) is 5.92 Å². The molecule has 0 aliphatic carbocycles. The number of hydrogen-bond acceptors (Lipinski definition) is 7. The van der Waals surface area contributed by atoms with Crippen LogP contribution in [-0.4, -0.2) is 34.6 Å². The molecule has 0 bridgehead atoms. The summed E-state index contributed by atoms with van der Waals surface area (Å²) in [6.07, 6.45) is 0. The first kappa shape index (κ1) is 26.6. The summed E-state index contributed by atoms with van der Waals surface area (Å²) in [5, 5.41) is 3.28. The van der Waals surface area contributed by atoms with Crippen LogP contribution in [0.5, 0.6) is 5.75 Å². The number of para-hydroxylation sites is 1. The zero-order chi connectivity index (χ0) is 28.0. The highest BCUT2D eigenvalue weighted by atomic mass is 35.5. The molecule has 0 saturated carbocycles. The average molecular weight is 613 g/mol. The Bertz CT molecular complexity index is 1710. The number of benzene rings is 3. The van der Waals surface area contributed by atoms with Crippen molar-refractivity contribution in [2.75, 3.05) is 16.8 Å². The van der Waals surface area contributed by atoms with Gasteiger partial charge in [-0.1, -0.05) is 76.6 Å². The van der Waals surface area contributed by atoms with Gasteiger partial charge >= 0.3 is 4.87 Å². The quantitative estimate of drug-likeness (QED) is 0.276. The number of rotatable bonds is 6. The van der Waals surface area contributed by atoms with Crippen LogP contribution in [-0.2, 0) is 14.4 Å². The number of ether oxygens (including phenoxy) is 1. The van der Waals surface area contributed by atoms with E-state index in [0.29, 0.717) is 42.6 Å². The summed E-state index contributed by atoms with van der Waals surface area (Å²) >= 11 is 14.2. The number of nitrogens with one attached hydrogen (secondary N) is 2. The van der Waals surface area contributed by atoms with Crippen molar-refractivity contribution in [1.29, 1.82) is 0 Å². The molecular formula is C28H19Cl2N3O5S2. The van der Waals surface area contributed by atoms with Crippen molar-refractivity contribution in [3.63, 3.8) is 0 Å². The second kappa shape index (κ2) is 10.8. The zero-order valence-electron chi connectivity index (χ0n) is 20.4. The lowest BCUT2D eigenvalue weighted by Gasteiger charge is -2.30. The number of aromatic nitrogens is 1. The van der Waals surface area contributed by atoms with Crippen LogP contribution in [0.25, 0.3) is 0 Å². The maximum atomic E-state index is 13.8. The molecule has 3 amide bonds. The molecule has 6 rings (SSSR count). The molecule has 1 aromatic heterocycles. The molecule has 1 saturated heterocycles. The molecule has 40 heavy (non-hydrogen) atoms. The van der Waals surface area contributed by atoms with E-state index >= 15 is 0 Å². The third-order valence-corrected chi connectivity index (χ3v) is 9.77. The molecular weight excluding hydrogens is 593 g/mol. The van der Waals surface area contributed by atoms with Crippen LogP contribution in [0.2, 0.25) is 10.0 Å². The molecule has 3 atom stereocenters. The average Bonchev–Trinajstić information content (AvgIpc) is 3.44. The number of imide groups is 1. The van der Waals surface area contributed by atoms with Crippen LogP contribution in [0, 0.1) is 5.92 Å². The van der Waals surface area contributed by atoms with Gasteiger partial charge in [-0.15, -0.1) is 0 Å². The van der Waals surface area contributed by atoms with Crippen LogP contribution in [0.15, 0.2) is 82.6 Å². The first-order valence-corrected chi connectivity index (χ1v) is 14.6. The molecule has 2 N–H and O–H groups in total. The van der Waals surface area contributed by atoms with Gasteiger partial charge in [0, 0.05) is 16.5 Å². The Morgan fingerprint density at radius 1 is 0.950 bits per heavy atom. The fraction of sp³-hybridized carbons (Fsp3) is 0.143. The predicted octanol–water partition coefficient (Wildman–Crippen LogP) is 5.56. The molecule has 12 heteroatoms. The van der Waals surface area contributed by atoms with Gasteiger partial charge in [0.25, 0.3) is 5.91 Å². The number of fused-ring (bicyclic) bond motifs is 2. The molecule has 2 aliphatic rings. The topological polar surface area (TPSA) is 109 Å². The van der Waals surface area contributed by atoms with Crippen molar-refractivity contribution < 1.29 is 19.1 Å². The van der Waals surface area contributed by atoms with E-state index in [1.807, 2.05) is 12.1 Å². The van der Waals surface area contributed by atoms with E-state index in [-0.39, 0.29) is 23.3 Å². The summed E-state index contributed by atoms with van der Waals surface area (Å²) in [5.74, 6) is -1.91. The largest absolute Gasteiger partial charge is 0.484 e. The number of aromatic amines is 1. The van der Waals surface area contributed by atoms with Gasteiger partial charge in [-0.25, -0.2) is 4.90 Å². The molecule has 0 radical (unpaired) electrons. The molecule has 0 unspecified atom stereocenters. The van der Waals surface area contributed by atoms with E-state index in [1.54, 1.807) is 60.7 Å². The fourth-order valence-corrected chi connectivity index (χ4v) is 7.74. The molecule has 0 spiro atoms. The number of carbonyl (C=O) groups is 3. The molecule has 202 valence electrons. The van der Waals surface area contributed by atoms with Crippen molar-refractivity contribution in [2.45, 2.75) is 16.2 Å². The number of halogens is 2. The lowest BCUT2D eigenvalue weighted by Crippen LogP contribution is -2.32. The number of anilines is 2. The van der Waals surface area contributed by atoms with E-state index < -0.39 is 23.0 Å². The first-order chi connectivity index (χ1) is 19.3. The summed E-state index contributed by atoms with van der Waals surface area (Å²) in [6.45, 7) is -0.280. The Labute approximate surface area is 246 Å². The van der Waals surface area contributed by atoms with Crippen LogP contribution in [0.1, 0.15) is 16.4 Å². The van der Waals surface area contributed by atoms with Gasteiger partial charge < -0.3 is 15.0 Å². The number of carbonyl (C=O) groups excluding carboxylic acids is 3.